The van der Waals surface area contributed by atoms with Gasteiger partial charge < -0.3 is 20.0 Å². The van der Waals surface area contributed by atoms with Crippen LogP contribution < -0.4 is 14.5 Å². The Hall–Kier alpha value is -4.26. The summed E-state index contributed by atoms with van der Waals surface area (Å²) in [5, 5.41) is 16.9. The van der Waals surface area contributed by atoms with Crippen LogP contribution in [0.15, 0.2) is 65.6 Å². The molecule has 0 aromatic heterocycles. The molecule has 220 valence electrons. The summed E-state index contributed by atoms with van der Waals surface area (Å²) in [6.07, 6.45) is -5.08. The third kappa shape index (κ3) is 7.91. The van der Waals surface area contributed by atoms with Crippen molar-refractivity contribution in [3.05, 3.63) is 82.9 Å². The lowest BCUT2D eigenvalue weighted by Crippen LogP contribution is -2.46. The number of hydrogen-bond acceptors (Lipinski definition) is 6. The number of benzene rings is 3. The number of carbonyl (C=O) groups is 2. The first kappa shape index (κ1) is 31.3. The van der Waals surface area contributed by atoms with E-state index in [-0.39, 0.29) is 16.1 Å². The van der Waals surface area contributed by atoms with Crippen molar-refractivity contribution in [3.8, 4) is 0 Å². The molecular formula is C28H30F3N3O6S. The highest BCUT2D eigenvalue weighted by Crippen LogP contribution is 2.29. The zero-order valence-electron chi connectivity index (χ0n) is 22.6. The van der Waals surface area contributed by atoms with Crippen molar-refractivity contribution >= 4 is 39.0 Å². The fraction of sp³-hybridized carbons (Fsp3) is 0.286. The van der Waals surface area contributed by atoms with Crippen molar-refractivity contribution in [2.24, 2.45) is 0 Å². The van der Waals surface area contributed by atoms with Crippen molar-refractivity contribution in [2.45, 2.75) is 31.8 Å². The maximum absolute atomic E-state index is 12.8. The lowest BCUT2D eigenvalue weighted by atomic mass is 10.1. The summed E-state index contributed by atoms with van der Waals surface area (Å²) < 4.78 is 59.7. The van der Waals surface area contributed by atoms with Gasteiger partial charge in [-0.3, -0.25) is 4.72 Å². The van der Waals surface area contributed by atoms with Gasteiger partial charge in [-0.25, -0.2) is 18.0 Å². The Balaban J connectivity index is 0.000000587. The zero-order valence-corrected chi connectivity index (χ0v) is 23.4. The minimum atomic E-state index is -5.08. The molecule has 0 aliphatic carbocycles. The summed E-state index contributed by atoms with van der Waals surface area (Å²) in [7, 11) is -3.90. The van der Waals surface area contributed by atoms with E-state index in [0.717, 1.165) is 37.4 Å². The normalized spacial score (nSPS) is 13.7. The van der Waals surface area contributed by atoms with Crippen molar-refractivity contribution in [1.82, 2.24) is 0 Å². The minimum absolute atomic E-state index is 0.0471. The highest BCUT2D eigenvalue weighted by molar-refractivity contribution is 7.92. The van der Waals surface area contributed by atoms with Crippen LogP contribution in [0.4, 0.5) is 30.2 Å². The SMILES string of the molecule is Cc1ccc(S(=O)(=O)Nc2ccc(N3CCN(c4cccc(C)c4C)CC3)cc2C(=O)O)cc1.O=C(O)C(F)(F)F. The number of hydrogen-bond donors (Lipinski definition) is 3. The van der Waals surface area contributed by atoms with E-state index < -0.39 is 28.1 Å². The van der Waals surface area contributed by atoms with Gasteiger partial charge in [0.05, 0.1) is 16.1 Å². The van der Waals surface area contributed by atoms with E-state index in [2.05, 4.69) is 46.6 Å². The number of sulfonamides is 1. The van der Waals surface area contributed by atoms with Crippen LogP contribution >= 0.6 is 0 Å². The first-order valence-electron chi connectivity index (χ1n) is 12.4. The monoisotopic (exact) mass is 593 g/mol. The molecule has 0 saturated carbocycles. The van der Waals surface area contributed by atoms with E-state index in [1.165, 1.54) is 35.0 Å². The predicted octanol–water partition coefficient (Wildman–Crippen LogP) is 5.07. The van der Waals surface area contributed by atoms with Gasteiger partial charge in [-0.2, -0.15) is 13.2 Å². The van der Waals surface area contributed by atoms with Gasteiger partial charge in [0, 0.05) is 37.6 Å². The standard InChI is InChI=1S/C26H29N3O4S.C2HF3O2/c1-18-7-10-22(11-8-18)34(32,33)27-24-12-9-21(17-23(24)26(30)31)28-13-15-29(16-14-28)25-6-4-5-19(2)20(25)3;3-2(4,5)1(6)7/h4-12,17,27H,13-16H2,1-3H3,(H,30,31);(H,6,7). The van der Waals surface area contributed by atoms with Crippen LogP contribution in [0.1, 0.15) is 27.0 Å². The van der Waals surface area contributed by atoms with Crippen LogP contribution in [0, 0.1) is 20.8 Å². The van der Waals surface area contributed by atoms with E-state index >= 15 is 0 Å². The van der Waals surface area contributed by atoms with Crippen LogP contribution in [0.2, 0.25) is 0 Å². The number of aliphatic carboxylic acids is 1. The molecule has 0 spiro atoms. The molecule has 0 atom stereocenters. The smallest absolute Gasteiger partial charge is 0.478 e. The molecule has 1 fully saturated rings. The fourth-order valence-corrected chi connectivity index (χ4v) is 5.28. The van der Waals surface area contributed by atoms with Crippen molar-refractivity contribution in [3.63, 3.8) is 0 Å². The molecule has 1 aliphatic heterocycles. The van der Waals surface area contributed by atoms with Crippen molar-refractivity contribution < 1.29 is 41.4 Å². The Labute approximate surface area is 235 Å². The van der Waals surface area contributed by atoms with Gasteiger partial charge in [0.25, 0.3) is 10.0 Å². The number of nitrogens with one attached hydrogen (secondary N) is 1. The van der Waals surface area contributed by atoms with Gasteiger partial charge in [-0.1, -0.05) is 29.8 Å². The lowest BCUT2D eigenvalue weighted by Gasteiger charge is -2.38. The molecule has 13 heteroatoms. The number of halogens is 3. The molecule has 0 amide bonds. The Morgan fingerprint density at radius 3 is 1.95 bits per heavy atom. The Bertz CT molecular complexity index is 1520. The lowest BCUT2D eigenvalue weighted by molar-refractivity contribution is -0.192. The molecule has 1 heterocycles. The quantitative estimate of drug-likeness (QED) is 0.362. The molecule has 9 nitrogen and oxygen atoms in total. The minimum Gasteiger partial charge on any atom is -0.478 e. The average molecular weight is 594 g/mol. The summed E-state index contributed by atoms with van der Waals surface area (Å²) in [4.78, 5) is 25.4. The van der Waals surface area contributed by atoms with E-state index in [1.54, 1.807) is 24.3 Å². The summed E-state index contributed by atoms with van der Waals surface area (Å²) in [5.41, 5.74) is 5.43. The number of carboxylic acids is 2. The molecule has 0 bridgehead atoms. The summed E-state index contributed by atoms with van der Waals surface area (Å²) >= 11 is 0. The zero-order chi connectivity index (χ0) is 30.5. The highest BCUT2D eigenvalue weighted by Gasteiger charge is 2.38. The molecule has 0 radical (unpaired) electrons. The first-order chi connectivity index (χ1) is 19.1. The number of nitrogens with zero attached hydrogens (tertiary/aromatic N) is 2. The van der Waals surface area contributed by atoms with Gasteiger partial charge in [0.1, 0.15) is 0 Å². The Kier molecular flexibility index (Phi) is 9.53. The van der Waals surface area contributed by atoms with Crippen LogP contribution in [0.5, 0.6) is 0 Å². The number of aryl methyl sites for hydroxylation is 2. The molecule has 41 heavy (non-hydrogen) atoms. The second-order valence-corrected chi connectivity index (χ2v) is 11.1. The van der Waals surface area contributed by atoms with E-state index in [1.807, 2.05) is 6.92 Å². The second kappa shape index (κ2) is 12.5. The van der Waals surface area contributed by atoms with E-state index in [0.29, 0.717) is 0 Å². The maximum Gasteiger partial charge on any atom is 0.490 e. The van der Waals surface area contributed by atoms with Crippen LogP contribution in [0.3, 0.4) is 0 Å². The first-order valence-corrected chi connectivity index (χ1v) is 13.9. The van der Waals surface area contributed by atoms with Gasteiger partial charge in [0.2, 0.25) is 0 Å². The molecule has 1 saturated heterocycles. The molecule has 3 aromatic rings. The molecule has 4 rings (SSSR count). The largest absolute Gasteiger partial charge is 0.490 e. The number of piperazine rings is 1. The summed E-state index contributed by atoms with van der Waals surface area (Å²) in [6, 6.07) is 17.6. The number of carboxylic acid groups (broad SMARTS) is 2. The van der Waals surface area contributed by atoms with E-state index in [4.69, 9.17) is 9.90 Å². The van der Waals surface area contributed by atoms with Crippen molar-refractivity contribution in [1.29, 1.82) is 0 Å². The molecule has 0 unspecified atom stereocenters. The second-order valence-electron chi connectivity index (χ2n) is 9.45. The van der Waals surface area contributed by atoms with Crippen LogP contribution in [-0.2, 0) is 14.8 Å². The number of rotatable bonds is 6. The van der Waals surface area contributed by atoms with Crippen molar-refractivity contribution in [2.75, 3.05) is 40.7 Å². The maximum atomic E-state index is 12.8. The van der Waals surface area contributed by atoms with Gasteiger partial charge in [-0.05, 0) is 68.3 Å². The van der Waals surface area contributed by atoms with Crippen LogP contribution in [0.25, 0.3) is 0 Å². The Morgan fingerprint density at radius 2 is 1.41 bits per heavy atom. The summed E-state index contributed by atoms with van der Waals surface area (Å²) in [5.74, 6) is -3.94. The third-order valence-corrected chi connectivity index (χ3v) is 7.99. The Morgan fingerprint density at radius 1 is 0.854 bits per heavy atom. The molecule has 3 N–H and O–H groups in total. The van der Waals surface area contributed by atoms with E-state index in [9.17, 15) is 31.5 Å². The predicted molar refractivity (Wildman–Crippen MR) is 149 cm³/mol. The number of anilines is 3. The van der Waals surface area contributed by atoms with Gasteiger partial charge in [-0.15, -0.1) is 0 Å². The summed E-state index contributed by atoms with van der Waals surface area (Å²) in [6.45, 7) is 9.21. The highest BCUT2D eigenvalue weighted by atomic mass is 32.2. The third-order valence-electron chi connectivity index (χ3n) is 6.61. The average Bonchev–Trinajstić information content (AvgIpc) is 2.90. The number of alkyl halides is 3. The van der Waals surface area contributed by atoms with Gasteiger partial charge >= 0.3 is 18.1 Å². The van der Waals surface area contributed by atoms with Crippen LogP contribution in [-0.4, -0.2) is 62.9 Å². The number of aromatic carboxylic acids is 1. The molecule has 1 aliphatic rings. The molecule has 3 aromatic carbocycles. The topological polar surface area (TPSA) is 127 Å². The molecular weight excluding hydrogens is 563 g/mol. The fourth-order valence-electron chi connectivity index (χ4n) is 4.20. The van der Waals surface area contributed by atoms with Gasteiger partial charge in [0.15, 0.2) is 0 Å².